The molecule has 0 unspecified atom stereocenters. The van der Waals surface area contributed by atoms with Crippen LogP contribution in [0, 0.1) is 13.8 Å². The second-order valence-corrected chi connectivity index (χ2v) is 6.69. The number of hydrogen-bond acceptors (Lipinski definition) is 4. The molecule has 1 aromatic carbocycles. The summed E-state index contributed by atoms with van der Waals surface area (Å²) in [5, 5.41) is 3.72. The van der Waals surface area contributed by atoms with E-state index in [1.54, 1.807) is 0 Å². The van der Waals surface area contributed by atoms with Crippen molar-refractivity contribution >= 4 is 55.8 Å². The van der Waals surface area contributed by atoms with Crippen molar-refractivity contribution in [3.05, 3.63) is 51.3 Å². The lowest BCUT2D eigenvalue weighted by molar-refractivity contribution is 0.102. The minimum atomic E-state index is -0.320. The first-order chi connectivity index (χ1) is 10.4. The van der Waals surface area contributed by atoms with Crippen LogP contribution in [0.25, 0.3) is 10.2 Å². The van der Waals surface area contributed by atoms with E-state index in [1.165, 1.54) is 29.2 Å². The topological polar surface area (TPSA) is 54.9 Å². The zero-order valence-corrected chi connectivity index (χ0v) is 14.1. The number of thiazole rings is 1. The Balaban J connectivity index is 1.90. The van der Waals surface area contributed by atoms with Gasteiger partial charge in [-0.2, -0.15) is 0 Å². The lowest BCUT2D eigenvalue weighted by Gasteiger charge is -2.02. The molecule has 22 heavy (non-hydrogen) atoms. The number of amides is 1. The fraction of sp³-hybridized carbons (Fsp3) is 0.133. The van der Waals surface area contributed by atoms with Crippen LogP contribution in [0.4, 0.5) is 5.13 Å². The van der Waals surface area contributed by atoms with Gasteiger partial charge in [0.2, 0.25) is 0 Å². The Morgan fingerprint density at radius 2 is 2.00 bits per heavy atom. The number of nitrogens with zero attached hydrogens (tertiary/aromatic N) is 2. The van der Waals surface area contributed by atoms with Crippen molar-refractivity contribution < 1.29 is 4.79 Å². The van der Waals surface area contributed by atoms with Crippen LogP contribution in [0.3, 0.4) is 0 Å². The summed E-state index contributed by atoms with van der Waals surface area (Å²) in [4.78, 5) is 20.6. The Kier molecular flexibility index (Phi) is 4.04. The Hall–Kier alpha value is -1.69. The minimum absolute atomic E-state index is 0.171. The zero-order valence-electron chi connectivity index (χ0n) is 11.8. The van der Waals surface area contributed by atoms with Crippen molar-refractivity contribution in [1.29, 1.82) is 0 Å². The molecule has 0 saturated carbocycles. The number of carbonyl (C=O) groups is 1. The van der Waals surface area contributed by atoms with Gasteiger partial charge in [-0.15, -0.1) is 0 Å². The van der Waals surface area contributed by atoms with Gasteiger partial charge in [-0.25, -0.2) is 9.97 Å². The van der Waals surface area contributed by atoms with Crippen LogP contribution in [0.15, 0.2) is 24.4 Å². The molecule has 0 saturated heterocycles. The molecule has 7 heteroatoms. The average molecular weight is 352 g/mol. The summed E-state index contributed by atoms with van der Waals surface area (Å²) in [6, 6.07) is 5.60. The zero-order chi connectivity index (χ0) is 15.9. The summed E-state index contributed by atoms with van der Waals surface area (Å²) in [5.74, 6) is -0.320. The van der Waals surface area contributed by atoms with Crippen LogP contribution in [0.2, 0.25) is 10.2 Å². The third-order valence-electron chi connectivity index (χ3n) is 3.11. The fourth-order valence-electron chi connectivity index (χ4n) is 2.14. The number of benzene rings is 1. The molecule has 0 atom stereocenters. The summed E-state index contributed by atoms with van der Waals surface area (Å²) in [6.45, 7) is 4.04. The van der Waals surface area contributed by atoms with E-state index in [2.05, 4.69) is 27.4 Å². The van der Waals surface area contributed by atoms with Crippen molar-refractivity contribution in [2.24, 2.45) is 0 Å². The minimum Gasteiger partial charge on any atom is -0.298 e. The maximum absolute atomic E-state index is 12.2. The predicted molar refractivity (Wildman–Crippen MR) is 91.3 cm³/mol. The first-order valence-electron chi connectivity index (χ1n) is 6.44. The number of aryl methyl sites for hydroxylation is 2. The molecule has 4 nitrogen and oxygen atoms in total. The van der Waals surface area contributed by atoms with Crippen LogP contribution in [-0.4, -0.2) is 15.9 Å². The highest BCUT2D eigenvalue weighted by Crippen LogP contribution is 2.29. The molecule has 1 N–H and O–H groups in total. The highest BCUT2D eigenvalue weighted by Gasteiger charge is 2.13. The van der Waals surface area contributed by atoms with E-state index in [1.807, 2.05) is 13.8 Å². The third kappa shape index (κ3) is 2.92. The van der Waals surface area contributed by atoms with Crippen LogP contribution < -0.4 is 5.32 Å². The number of hydrogen-bond donors (Lipinski definition) is 1. The van der Waals surface area contributed by atoms with E-state index in [4.69, 9.17) is 23.2 Å². The Morgan fingerprint density at radius 1 is 1.23 bits per heavy atom. The largest absolute Gasteiger partial charge is 0.298 e. The molecule has 1 amide bonds. The van der Waals surface area contributed by atoms with Gasteiger partial charge < -0.3 is 0 Å². The molecule has 2 heterocycles. The van der Waals surface area contributed by atoms with Gasteiger partial charge in [0.1, 0.15) is 5.15 Å². The van der Waals surface area contributed by atoms with E-state index < -0.39 is 0 Å². The second-order valence-electron chi connectivity index (χ2n) is 4.90. The molecular weight excluding hydrogens is 341 g/mol. The molecule has 3 aromatic rings. The summed E-state index contributed by atoms with van der Waals surface area (Å²) in [6.07, 6.45) is 1.38. The molecule has 2 aromatic heterocycles. The number of anilines is 1. The Bertz CT molecular complexity index is 892. The molecule has 0 fully saturated rings. The molecule has 0 aliphatic carbocycles. The molecular formula is C15H11Cl2N3OS. The molecule has 3 rings (SSSR count). The maximum atomic E-state index is 12.2. The molecule has 112 valence electrons. The SMILES string of the molecule is Cc1cc(C)c2nc(NC(=O)c3cnc(Cl)c(Cl)c3)sc2c1. The van der Waals surface area contributed by atoms with E-state index >= 15 is 0 Å². The number of nitrogens with one attached hydrogen (secondary N) is 1. The predicted octanol–water partition coefficient (Wildman–Crippen LogP) is 4.87. The first-order valence-corrected chi connectivity index (χ1v) is 8.01. The quantitative estimate of drug-likeness (QED) is 0.670. The van der Waals surface area contributed by atoms with Gasteiger partial charge in [-0.05, 0) is 37.1 Å². The van der Waals surface area contributed by atoms with Crippen LogP contribution >= 0.6 is 34.5 Å². The number of halogens is 2. The summed E-state index contributed by atoms with van der Waals surface area (Å²) in [5.41, 5.74) is 3.49. The smallest absolute Gasteiger partial charge is 0.259 e. The van der Waals surface area contributed by atoms with Crippen molar-refractivity contribution in [2.45, 2.75) is 13.8 Å². The molecule has 0 bridgehead atoms. The van der Waals surface area contributed by atoms with Crippen molar-refractivity contribution in [3.8, 4) is 0 Å². The van der Waals surface area contributed by atoms with Gasteiger partial charge in [-0.3, -0.25) is 10.1 Å². The Morgan fingerprint density at radius 3 is 2.73 bits per heavy atom. The van der Waals surface area contributed by atoms with Gasteiger partial charge in [0.15, 0.2) is 5.13 Å². The Labute approximate surface area is 141 Å². The van der Waals surface area contributed by atoms with Gasteiger partial charge >= 0.3 is 0 Å². The average Bonchev–Trinajstić information content (AvgIpc) is 2.84. The lowest BCUT2D eigenvalue weighted by atomic mass is 10.1. The van der Waals surface area contributed by atoms with Crippen molar-refractivity contribution in [2.75, 3.05) is 5.32 Å². The number of pyridine rings is 1. The molecule has 0 aliphatic rings. The number of fused-ring (bicyclic) bond motifs is 1. The van der Waals surface area contributed by atoms with Crippen LogP contribution in [0.5, 0.6) is 0 Å². The second kappa shape index (κ2) is 5.83. The summed E-state index contributed by atoms with van der Waals surface area (Å²) in [7, 11) is 0. The highest BCUT2D eigenvalue weighted by molar-refractivity contribution is 7.22. The van der Waals surface area contributed by atoms with Gasteiger partial charge in [-0.1, -0.05) is 40.6 Å². The summed E-state index contributed by atoms with van der Waals surface area (Å²) < 4.78 is 1.04. The van der Waals surface area contributed by atoms with Gasteiger partial charge in [0.05, 0.1) is 20.8 Å². The van der Waals surface area contributed by atoms with E-state index in [-0.39, 0.29) is 16.1 Å². The van der Waals surface area contributed by atoms with Crippen LogP contribution in [-0.2, 0) is 0 Å². The fourth-order valence-corrected chi connectivity index (χ4v) is 3.45. The molecule has 0 aliphatic heterocycles. The monoisotopic (exact) mass is 351 g/mol. The van der Waals surface area contributed by atoms with Crippen molar-refractivity contribution in [1.82, 2.24) is 9.97 Å². The summed E-state index contributed by atoms with van der Waals surface area (Å²) >= 11 is 13.1. The highest BCUT2D eigenvalue weighted by atomic mass is 35.5. The van der Waals surface area contributed by atoms with E-state index in [9.17, 15) is 4.79 Å². The molecule has 0 radical (unpaired) electrons. The number of carbonyl (C=O) groups excluding carboxylic acids is 1. The lowest BCUT2D eigenvalue weighted by Crippen LogP contribution is -2.12. The van der Waals surface area contributed by atoms with Crippen molar-refractivity contribution in [3.63, 3.8) is 0 Å². The number of rotatable bonds is 2. The first kappa shape index (κ1) is 15.2. The van der Waals surface area contributed by atoms with Crippen LogP contribution in [0.1, 0.15) is 21.5 Å². The van der Waals surface area contributed by atoms with E-state index in [0.29, 0.717) is 10.7 Å². The van der Waals surface area contributed by atoms with E-state index in [0.717, 1.165) is 15.8 Å². The molecule has 0 spiro atoms. The normalized spacial score (nSPS) is 10.9. The van der Waals surface area contributed by atoms with Gasteiger partial charge in [0.25, 0.3) is 5.91 Å². The van der Waals surface area contributed by atoms with Gasteiger partial charge in [0, 0.05) is 6.20 Å². The standard InChI is InChI=1S/C15H11Cl2N3OS/c1-7-3-8(2)12-11(4-7)22-15(19-12)20-14(21)9-5-10(16)13(17)18-6-9/h3-6H,1-2H3,(H,19,20,21). The maximum Gasteiger partial charge on any atom is 0.259 e. The third-order valence-corrected chi connectivity index (χ3v) is 4.71. The number of aromatic nitrogens is 2.